The second-order valence-electron chi connectivity index (χ2n) is 3.92. The third kappa shape index (κ3) is 4.82. The molecule has 0 aliphatic rings. The van der Waals surface area contributed by atoms with E-state index in [1.54, 1.807) is 0 Å². The molecular weight excluding hydrogens is 256 g/mol. The zero-order chi connectivity index (χ0) is 14.3. The van der Waals surface area contributed by atoms with E-state index in [0.717, 1.165) is 18.6 Å². The highest BCUT2D eigenvalue weighted by Crippen LogP contribution is 2.17. The molecule has 1 aromatic carbocycles. The van der Waals surface area contributed by atoms with Crippen LogP contribution in [-0.2, 0) is 9.53 Å². The van der Waals surface area contributed by atoms with Crippen LogP contribution in [0.15, 0.2) is 18.2 Å². The summed E-state index contributed by atoms with van der Waals surface area (Å²) >= 11 is 0. The predicted molar refractivity (Wildman–Crippen MR) is 66.0 cm³/mol. The maximum atomic E-state index is 13.3. The second kappa shape index (κ2) is 7.68. The van der Waals surface area contributed by atoms with Crippen molar-refractivity contribution in [3.63, 3.8) is 0 Å². The Bertz CT molecular complexity index is 426. The van der Waals surface area contributed by atoms with Crippen LogP contribution in [0.1, 0.15) is 13.3 Å². The molecule has 1 atom stereocenters. The van der Waals surface area contributed by atoms with Gasteiger partial charge in [0.05, 0.1) is 7.11 Å². The van der Waals surface area contributed by atoms with Crippen LogP contribution in [0.25, 0.3) is 0 Å². The van der Waals surface area contributed by atoms with Gasteiger partial charge in [-0.25, -0.2) is 8.78 Å². The minimum Gasteiger partial charge on any atom is -0.488 e. The topological polar surface area (TPSA) is 47.6 Å². The van der Waals surface area contributed by atoms with Gasteiger partial charge in [0, 0.05) is 6.07 Å². The van der Waals surface area contributed by atoms with Crippen LogP contribution in [0.5, 0.6) is 5.75 Å². The molecule has 1 unspecified atom stereocenters. The van der Waals surface area contributed by atoms with Crippen LogP contribution in [-0.4, -0.2) is 32.3 Å². The van der Waals surface area contributed by atoms with Crippen LogP contribution in [0, 0.1) is 11.6 Å². The molecule has 0 saturated heterocycles. The monoisotopic (exact) mass is 273 g/mol. The Morgan fingerprint density at radius 1 is 1.42 bits per heavy atom. The Morgan fingerprint density at radius 3 is 2.74 bits per heavy atom. The van der Waals surface area contributed by atoms with E-state index in [1.165, 1.54) is 13.2 Å². The number of carbonyl (C=O) groups is 1. The molecule has 0 amide bonds. The number of halogens is 2. The average molecular weight is 273 g/mol. The molecule has 0 radical (unpaired) electrons. The van der Waals surface area contributed by atoms with Crippen LogP contribution in [0.2, 0.25) is 0 Å². The molecule has 1 N–H and O–H groups in total. The molecule has 0 fully saturated rings. The zero-order valence-electron chi connectivity index (χ0n) is 10.9. The summed E-state index contributed by atoms with van der Waals surface area (Å²) in [5.74, 6) is -2.08. The van der Waals surface area contributed by atoms with Gasteiger partial charge < -0.3 is 14.8 Å². The second-order valence-corrected chi connectivity index (χ2v) is 3.92. The summed E-state index contributed by atoms with van der Waals surface area (Å²) in [5, 5.41) is 2.93. The fraction of sp³-hybridized carbons (Fsp3) is 0.462. The van der Waals surface area contributed by atoms with Gasteiger partial charge in [-0.2, -0.15) is 0 Å². The van der Waals surface area contributed by atoms with Crippen molar-refractivity contribution in [2.24, 2.45) is 0 Å². The first kappa shape index (κ1) is 15.4. The van der Waals surface area contributed by atoms with Crippen LogP contribution >= 0.6 is 0 Å². The van der Waals surface area contributed by atoms with Crippen LogP contribution < -0.4 is 10.1 Å². The van der Waals surface area contributed by atoms with Crippen molar-refractivity contribution in [2.75, 3.05) is 20.3 Å². The Hall–Kier alpha value is -1.69. The molecular formula is C13H17F2NO3. The zero-order valence-corrected chi connectivity index (χ0v) is 10.9. The van der Waals surface area contributed by atoms with E-state index in [0.29, 0.717) is 6.54 Å². The standard InChI is InChI=1S/C13H17F2NO3/c1-3-6-16-11(13(17)18-2)8-19-12-5-4-9(14)7-10(12)15/h4-5,7,11,16H,3,6,8H2,1-2H3. The molecule has 0 aromatic heterocycles. The molecule has 0 bridgehead atoms. The van der Waals surface area contributed by atoms with Crippen LogP contribution in [0.3, 0.4) is 0 Å². The lowest BCUT2D eigenvalue weighted by atomic mass is 10.3. The third-order valence-corrected chi connectivity index (χ3v) is 2.43. The first-order chi connectivity index (χ1) is 9.08. The Morgan fingerprint density at radius 2 is 2.16 bits per heavy atom. The number of ether oxygens (including phenoxy) is 2. The maximum Gasteiger partial charge on any atom is 0.326 e. The average Bonchev–Trinajstić information content (AvgIpc) is 2.40. The van der Waals surface area contributed by atoms with Crippen molar-refractivity contribution in [1.82, 2.24) is 5.32 Å². The number of methoxy groups -OCH3 is 1. The summed E-state index contributed by atoms with van der Waals surface area (Å²) in [6.07, 6.45) is 0.832. The molecule has 0 spiro atoms. The van der Waals surface area contributed by atoms with Gasteiger partial charge in [-0.1, -0.05) is 6.92 Å². The van der Waals surface area contributed by atoms with Crippen LogP contribution in [0.4, 0.5) is 8.78 Å². The van der Waals surface area contributed by atoms with E-state index >= 15 is 0 Å². The van der Waals surface area contributed by atoms with E-state index in [1.807, 2.05) is 6.92 Å². The summed E-state index contributed by atoms with van der Waals surface area (Å²) in [4.78, 5) is 11.5. The van der Waals surface area contributed by atoms with Crippen molar-refractivity contribution in [3.8, 4) is 5.75 Å². The number of hydrogen-bond acceptors (Lipinski definition) is 4. The van der Waals surface area contributed by atoms with E-state index in [4.69, 9.17) is 4.74 Å². The summed E-state index contributed by atoms with van der Waals surface area (Å²) in [5.41, 5.74) is 0. The maximum absolute atomic E-state index is 13.3. The van der Waals surface area contributed by atoms with Gasteiger partial charge >= 0.3 is 5.97 Å². The minimum absolute atomic E-state index is 0.0881. The number of hydrogen-bond donors (Lipinski definition) is 1. The fourth-order valence-corrected chi connectivity index (χ4v) is 1.44. The smallest absolute Gasteiger partial charge is 0.326 e. The number of nitrogens with one attached hydrogen (secondary N) is 1. The fourth-order valence-electron chi connectivity index (χ4n) is 1.44. The SMILES string of the molecule is CCCNC(COc1ccc(F)cc1F)C(=O)OC. The molecule has 1 aromatic rings. The molecule has 0 aliphatic heterocycles. The van der Waals surface area contributed by atoms with E-state index in [9.17, 15) is 13.6 Å². The van der Waals surface area contributed by atoms with Gasteiger partial charge in [0.2, 0.25) is 0 Å². The lowest BCUT2D eigenvalue weighted by Gasteiger charge is -2.17. The van der Waals surface area contributed by atoms with Gasteiger partial charge in [-0.3, -0.25) is 4.79 Å². The molecule has 1 rings (SSSR count). The molecule has 6 heteroatoms. The molecule has 19 heavy (non-hydrogen) atoms. The predicted octanol–water partition coefficient (Wildman–Crippen LogP) is 1.88. The Balaban J connectivity index is 2.62. The number of esters is 1. The Labute approximate surface area is 110 Å². The Kier molecular flexibility index (Phi) is 6.21. The van der Waals surface area contributed by atoms with Gasteiger partial charge in [0.15, 0.2) is 11.6 Å². The molecule has 106 valence electrons. The summed E-state index contributed by atoms with van der Waals surface area (Å²) < 4.78 is 35.8. The molecule has 0 aliphatic carbocycles. The highest BCUT2D eigenvalue weighted by atomic mass is 19.1. The lowest BCUT2D eigenvalue weighted by molar-refractivity contribution is -0.143. The lowest BCUT2D eigenvalue weighted by Crippen LogP contribution is -2.42. The third-order valence-electron chi connectivity index (χ3n) is 2.43. The van der Waals surface area contributed by atoms with E-state index in [-0.39, 0.29) is 12.4 Å². The number of rotatable bonds is 7. The van der Waals surface area contributed by atoms with Gasteiger partial charge in [0.25, 0.3) is 0 Å². The highest BCUT2D eigenvalue weighted by molar-refractivity contribution is 5.75. The molecule has 0 heterocycles. The minimum atomic E-state index is -0.806. The van der Waals surface area contributed by atoms with E-state index in [2.05, 4.69) is 10.1 Å². The van der Waals surface area contributed by atoms with Gasteiger partial charge in [-0.05, 0) is 25.1 Å². The first-order valence-corrected chi connectivity index (χ1v) is 5.97. The molecule has 4 nitrogen and oxygen atoms in total. The molecule has 0 saturated carbocycles. The van der Waals surface area contributed by atoms with E-state index < -0.39 is 23.6 Å². The van der Waals surface area contributed by atoms with Crippen molar-refractivity contribution in [2.45, 2.75) is 19.4 Å². The van der Waals surface area contributed by atoms with Crippen molar-refractivity contribution in [1.29, 1.82) is 0 Å². The first-order valence-electron chi connectivity index (χ1n) is 5.97. The highest BCUT2D eigenvalue weighted by Gasteiger charge is 2.19. The van der Waals surface area contributed by atoms with Crippen molar-refractivity contribution >= 4 is 5.97 Å². The van der Waals surface area contributed by atoms with Gasteiger partial charge in [0.1, 0.15) is 18.5 Å². The number of carbonyl (C=O) groups excluding carboxylic acids is 1. The quantitative estimate of drug-likeness (QED) is 0.771. The van der Waals surface area contributed by atoms with Gasteiger partial charge in [-0.15, -0.1) is 0 Å². The summed E-state index contributed by atoms with van der Waals surface area (Å²) in [6, 6.07) is 2.31. The van der Waals surface area contributed by atoms with Crippen molar-refractivity contribution < 1.29 is 23.0 Å². The largest absolute Gasteiger partial charge is 0.488 e. The normalized spacial score (nSPS) is 12.0. The summed E-state index contributed by atoms with van der Waals surface area (Å²) in [7, 11) is 1.27. The number of benzene rings is 1. The van der Waals surface area contributed by atoms with Crippen molar-refractivity contribution in [3.05, 3.63) is 29.8 Å². The summed E-state index contributed by atoms with van der Waals surface area (Å²) in [6.45, 7) is 2.46.